The summed E-state index contributed by atoms with van der Waals surface area (Å²) in [5.74, 6) is 0.700. The third-order valence-corrected chi connectivity index (χ3v) is 5.68. The first-order chi connectivity index (χ1) is 12.6. The topological polar surface area (TPSA) is 34.9 Å². The van der Waals surface area contributed by atoms with Crippen molar-refractivity contribution in [2.75, 3.05) is 0 Å². The van der Waals surface area contributed by atoms with Crippen LogP contribution in [-0.2, 0) is 0 Å². The summed E-state index contributed by atoms with van der Waals surface area (Å²) >= 11 is 6.56. The first-order valence-corrected chi connectivity index (χ1v) is 9.81. The number of para-hydroxylation sites is 1. The van der Waals surface area contributed by atoms with Gasteiger partial charge in [0.15, 0.2) is 0 Å². The van der Waals surface area contributed by atoms with Crippen molar-refractivity contribution in [3.05, 3.63) is 63.4 Å². The molecule has 0 bridgehead atoms. The van der Waals surface area contributed by atoms with Crippen molar-refractivity contribution in [2.24, 2.45) is 0 Å². The molecule has 0 aliphatic heterocycles. The Labute approximate surface area is 158 Å². The molecule has 0 saturated heterocycles. The van der Waals surface area contributed by atoms with Gasteiger partial charge in [-0.25, -0.2) is 4.98 Å². The summed E-state index contributed by atoms with van der Waals surface area (Å²) in [5.41, 5.74) is 2.72. The minimum Gasteiger partial charge on any atom is -0.289 e. The van der Waals surface area contributed by atoms with Crippen LogP contribution in [-0.4, -0.2) is 9.55 Å². The fourth-order valence-corrected chi connectivity index (χ4v) is 4.31. The summed E-state index contributed by atoms with van der Waals surface area (Å²) in [7, 11) is 0. The number of aromatic nitrogens is 2. The number of nitrogens with zero attached hydrogens (tertiary/aromatic N) is 2. The molecule has 26 heavy (non-hydrogen) atoms. The van der Waals surface area contributed by atoms with Gasteiger partial charge in [-0.2, -0.15) is 0 Å². The molecule has 1 fully saturated rings. The molecular weight excluding hydrogens is 344 g/mol. The van der Waals surface area contributed by atoms with Crippen molar-refractivity contribution in [1.82, 2.24) is 9.55 Å². The Morgan fingerprint density at radius 3 is 2.50 bits per heavy atom. The molecule has 1 heterocycles. The van der Waals surface area contributed by atoms with E-state index in [0.29, 0.717) is 16.2 Å². The Hall–Kier alpha value is -2.13. The van der Waals surface area contributed by atoms with Crippen molar-refractivity contribution >= 4 is 22.5 Å². The van der Waals surface area contributed by atoms with Gasteiger partial charge in [0, 0.05) is 11.6 Å². The highest BCUT2D eigenvalue weighted by Crippen LogP contribution is 2.33. The van der Waals surface area contributed by atoms with E-state index in [4.69, 9.17) is 16.6 Å². The molecular formula is C22H23ClN2O. The summed E-state index contributed by atoms with van der Waals surface area (Å²) in [4.78, 5) is 18.3. The summed E-state index contributed by atoms with van der Waals surface area (Å²) in [6.45, 7) is 2.02. The molecule has 0 amide bonds. The second kappa shape index (κ2) is 7.24. The molecule has 1 aromatic heterocycles. The Bertz CT molecular complexity index is 1000. The fraction of sp³-hybridized carbons (Fsp3) is 0.364. The number of aryl methyl sites for hydroxylation is 1. The molecule has 4 rings (SSSR count). The average molecular weight is 367 g/mol. The van der Waals surface area contributed by atoms with E-state index in [0.717, 1.165) is 42.3 Å². The Morgan fingerprint density at radius 1 is 1.04 bits per heavy atom. The molecule has 0 unspecified atom stereocenters. The number of halogens is 1. The van der Waals surface area contributed by atoms with E-state index >= 15 is 0 Å². The highest BCUT2D eigenvalue weighted by molar-refractivity contribution is 6.33. The average Bonchev–Trinajstić information content (AvgIpc) is 2.91. The Kier molecular flexibility index (Phi) is 4.82. The van der Waals surface area contributed by atoms with Crippen LogP contribution < -0.4 is 5.56 Å². The van der Waals surface area contributed by atoms with Crippen molar-refractivity contribution < 1.29 is 0 Å². The lowest BCUT2D eigenvalue weighted by molar-refractivity contribution is 0.434. The molecule has 1 aliphatic rings. The van der Waals surface area contributed by atoms with Crippen molar-refractivity contribution in [1.29, 1.82) is 0 Å². The largest absolute Gasteiger partial charge is 0.289 e. The summed E-state index contributed by atoms with van der Waals surface area (Å²) in [6, 6.07) is 13.7. The molecule has 0 spiro atoms. The molecule has 0 radical (unpaired) electrons. The number of benzene rings is 2. The lowest BCUT2D eigenvalue weighted by Crippen LogP contribution is -2.27. The predicted molar refractivity (Wildman–Crippen MR) is 108 cm³/mol. The molecule has 0 N–H and O–H groups in total. The van der Waals surface area contributed by atoms with Crippen LogP contribution in [0.1, 0.15) is 50.1 Å². The number of rotatable bonds is 2. The van der Waals surface area contributed by atoms with Gasteiger partial charge in [-0.1, -0.05) is 55.5 Å². The standard InChI is InChI=1S/C22H23ClN2O/c1-15-12-13-17(19(23)14-15)21-24-20-11-7-6-10-18(20)22(26)25(21)16-8-4-2-3-5-9-16/h6-7,10-14,16H,2-5,8-9H2,1H3. The molecule has 2 aromatic carbocycles. The van der Waals surface area contributed by atoms with E-state index in [1.165, 1.54) is 12.8 Å². The van der Waals surface area contributed by atoms with Crippen LogP contribution in [0.3, 0.4) is 0 Å². The lowest BCUT2D eigenvalue weighted by Gasteiger charge is -2.22. The van der Waals surface area contributed by atoms with Gasteiger partial charge in [0.25, 0.3) is 5.56 Å². The highest BCUT2D eigenvalue weighted by atomic mass is 35.5. The van der Waals surface area contributed by atoms with E-state index < -0.39 is 0 Å². The molecule has 134 valence electrons. The maximum atomic E-state index is 13.4. The SMILES string of the molecule is Cc1ccc(-c2nc3ccccc3c(=O)n2C2CCCCCC2)c(Cl)c1. The first kappa shape index (κ1) is 17.3. The van der Waals surface area contributed by atoms with Gasteiger partial charge in [0.05, 0.1) is 15.9 Å². The number of hydrogen-bond acceptors (Lipinski definition) is 2. The zero-order chi connectivity index (χ0) is 18.1. The minimum absolute atomic E-state index is 0.0501. The molecule has 3 nitrogen and oxygen atoms in total. The van der Waals surface area contributed by atoms with Crippen LogP contribution in [0.2, 0.25) is 5.02 Å². The van der Waals surface area contributed by atoms with Crippen molar-refractivity contribution in [3.63, 3.8) is 0 Å². The van der Waals surface area contributed by atoms with Crippen molar-refractivity contribution in [2.45, 2.75) is 51.5 Å². The smallest absolute Gasteiger partial charge is 0.261 e. The normalized spacial score (nSPS) is 15.9. The second-order valence-electron chi connectivity index (χ2n) is 7.26. The van der Waals surface area contributed by atoms with E-state index in [2.05, 4.69) is 0 Å². The van der Waals surface area contributed by atoms with Crippen LogP contribution in [0, 0.1) is 6.92 Å². The van der Waals surface area contributed by atoms with Gasteiger partial charge in [0.2, 0.25) is 0 Å². The van der Waals surface area contributed by atoms with Crippen LogP contribution in [0.5, 0.6) is 0 Å². The molecule has 4 heteroatoms. The van der Waals surface area contributed by atoms with Crippen LogP contribution in [0.4, 0.5) is 0 Å². The minimum atomic E-state index is 0.0501. The fourth-order valence-electron chi connectivity index (χ4n) is 3.99. The summed E-state index contributed by atoms with van der Waals surface area (Å²) < 4.78 is 1.92. The summed E-state index contributed by atoms with van der Waals surface area (Å²) in [5, 5.41) is 1.33. The Morgan fingerprint density at radius 2 is 1.77 bits per heavy atom. The number of fused-ring (bicyclic) bond motifs is 1. The maximum Gasteiger partial charge on any atom is 0.261 e. The van der Waals surface area contributed by atoms with Gasteiger partial charge in [-0.05, 0) is 49.6 Å². The van der Waals surface area contributed by atoms with Crippen LogP contribution in [0.25, 0.3) is 22.3 Å². The van der Waals surface area contributed by atoms with Gasteiger partial charge in [-0.15, -0.1) is 0 Å². The summed E-state index contributed by atoms with van der Waals surface area (Å²) in [6.07, 6.45) is 6.85. The first-order valence-electron chi connectivity index (χ1n) is 9.43. The lowest BCUT2D eigenvalue weighted by atomic mass is 10.1. The van der Waals surface area contributed by atoms with Crippen LogP contribution in [0.15, 0.2) is 47.3 Å². The monoisotopic (exact) mass is 366 g/mol. The third-order valence-electron chi connectivity index (χ3n) is 5.36. The molecule has 1 saturated carbocycles. The van der Waals surface area contributed by atoms with E-state index in [-0.39, 0.29) is 11.6 Å². The third kappa shape index (κ3) is 3.16. The van der Waals surface area contributed by atoms with Gasteiger partial charge in [0.1, 0.15) is 5.82 Å². The van der Waals surface area contributed by atoms with Gasteiger partial charge in [-0.3, -0.25) is 9.36 Å². The van der Waals surface area contributed by atoms with Gasteiger partial charge >= 0.3 is 0 Å². The van der Waals surface area contributed by atoms with E-state index in [1.54, 1.807) is 0 Å². The highest BCUT2D eigenvalue weighted by Gasteiger charge is 2.22. The van der Waals surface area contributed by atoms with E-state index in [9.17, 15) is 4.79 Å². The second-order valence-corrected chi connectivity index (χ2v) is 7.66. The molecule has 0 atom stereocenters. The quantitative estimate of drug-likeness (QED) is 0.527. The van der Waals surface area contributed by atoms with Crippen molar-refractivity contribution in [3.8, 4) is 11.4 Å². The van der Waals surface area contributed by atoms with Crippen LogP contribution >= 0.6 is 11.6 Å². The number of hydrogen-bond donors (Lipinski definition) is 0. The zero-order valence-electron chi connectivity index (χ0n) is 15.0. The predicted octanol–water partition coefficient (Wildman–Crippen LogP) is 5.92. The van der Waals surface area contributed by atoms with E-state index in [1.807, 2.05) is 54.0 Å². The molecule has 1 aliphatic carbocycles. The maximum absolute atomic E-state index is 13.4. The zero-order valence-corrected chi connectivity index (χ0v) is 15.8. The molecule has 3 aromatic rings. The van der Waals surface area contributed by atoms with Gasteiger partial charge < -0.3 is 0 Å². The Balaban J connectivity index is 2.00.